The second-order valence-electron chi connectivity index (χ2n) is 6.54. The number of aromatic nitrogens is 1. The fourth-order valence-electron chi connectivity index (χ4n) is 3.30. The molecule has 144 valence electrons. The van der Waals surface area contributed by atoms with E-state index >= 15 is 0 Å². The van der Waals surface area contributed by atoms with E-state index in [9.17, 15) is 18.3 Å². The highest BCUT2D eigenvalue weighted by Gasteiger charge is 2.32. The maximum atomic E-state index is 12.8. The molecule has 2 aromatic rings. The number of pyridine rings is 1. The molecule has 2 N–H and O–H groups in total. The molecule has 1 aliphatic rings. The van der Waals surface area contributed by atoms with Crippen LogP contribution in [0.5, 0.6) is 0 Å². The number of aliphatic hydroxyl groups excluding tert-OH is 1. The van der Waals surface area contributed by atoms with Crippen LogP contribution in [-0.4, -0.2) is 48.9 Å². The smallest absolute Gasteiger partial charge is 0.251 e. The van der Waals surface area contributed by atoms with Crippen LogP contribution in [0, 0.1) is 5.92 Å². The van der Waals surface area contributed by atoms with Crippen LogP contribution >= 0.6 is 0 Å². The van der Waals surface area contributed by atoms with Crippen molar-refractivity contribution in [2.75, 3.05) is 20.1 Å². The molecule has 0 bridgehead atoms. The van der Waals surface area contributed by atoms with Gasteiger partial charge < -0.3 is 10.4 Å². The van der Waals surface area contributed by atoms with E-state index in [2.05, 4.69) is 10.3 Å². The van der Waals surface area contributed by atoms with Crippen molar-refractivity contribution in [1.29, 1.82) is 0 Å². The summed E-state index contributed by atoms with van der Waals surface area (Å²) in [5.41, 5.74) is 1.03. The third-order valence-electron chi connectivity index (χ3n) is 4.92. The molecule has 1 aromatic carbocycles. The maximum absolute atomic E-state index is 12.8. The number of nitrogens with zero attached hydrogens (tertiary/aromatic N) is 2. The Kier molecular flexibility index (Phi) is 5.88. The highest BCUT2D eigenvalue weighted by atomic mass is 32.2. The summed E-state index contributed by atoms with van der Waals surface area (Å²) < 4.78 is 27.1. The molecular weight excluding hydrogens is 366 g/mol. The zero-order valence-corrected chi connectivity index (χ0v) is 15.9. The predicted molar refractivity (Wildman–Crippen MR) is 101 cm³/mol. The van der Waals surface area contributed by atoms with Crippen LogP contribution in [0.4, 0.5) is 0 Å². The standard InChI is InChI=1S/C19H23N3O4S/c1-20-19(24)15-5-7-16(8-6-15)27(25,26)22-12-9-14(10-13-22)18(23)17-4-2-3-11-21-17/h2-8,11,14,18,23H,9-10,12-13H2,1H3,(H,20,24). The summed E-state index contributed by atoms with van der Waals surface area (Å²) in [6, 6.07) is 11.3. The Bertz CT molecular complexity index is 877. The summed E-state index contributed by atoms with van der Waals surface area (Å²) in [4.78, 5) is 15.9. The number of carbonyl (C=O) groups excluding carboxylic acids is 1. The molecule has 0 aliphatic carbocycles. The van der Waals surface area contributed by atoms with Crippen LogP contribution in [0.15, 0.2) is 53.6 Å². The van der Waals surface area contributed by atoms with Crippen molar-refractivity contribution >= 4 is 15.9 Å². The van der Waals surface area contributed by atoms with E-state index in [0.29, 0.717) is 37.2 Å². The van der Waals surface area contributed by atoms with Gasteiger partial charge in [0, 0.05) is 31.9 Å². The van der Waals surface area contributed by atoms with Gasteiger partial charge in [-0.2, -0.15) is 4.31 Å². The topological polar surface area (TPSA) is 99.6 Å². The minimum Gasteiger partial charge on any atom is -0.387 e. The fraction of sp³-hybridized carbons (Fsp3) is 0.368. The van der Waals surface area contributed by atoms with Crippen molar-refractivity contribution in [3.05, 3.63) is 59.9 Å². The van der Waals surface area contributed by atoms with Crippen LogP contribution in [-0.2, 0) is 10.0 Å². The van der Waals surface area contributed by atoms with Gasteiger partial charge in [0.2, 0.25) is 10.0 Å². The van der Waals surface area contributed by atoms with E-state index < -0.39 is 16.1 Å². The molecule has 1 unspecified atom stereocenters. The minimum absolute atomic E-state index is 0.0259. The molecule has 1 amide bonds. The van der Waals surface area contributed by atoms with Crippen LogP contribution in [0.3, 0.4) is 0 Å². The predicted octanol–water partition coefficient (Wildman–Crippen LogP) is 1.58. The quantitative estimate of drug-likeness (QED) is 0.809. The summed E-state index contributed by atoms with van der Waals surface area (Å²) in [6.45, 7) is 0.683. The molecule has 1 aliphatic heterocycles. The molecule has 8 heteroatoms. The molecule has 27 heavy (non-hydrogen) atoms. The summed E-state index contributed by atoms with van der Waals surface area (Å²) in [5, 5.41) is 13.0. The lowest BCUT2D eigenvalue weighted by Gasteiger charge is -2.33. The molecular formula is C19H23N3O4S. The van der Waals surface area contributed by atoms with Gasteiger partial charge in [-0.1, -0.05) is 6.07 Å². The molecule has 7 nitrogen and oxygen atoms in total. The number of amides is 1. The zero-order chi connectivity index (χ0) is 19.4. The number of rotatable bonds is 5. The first-order valence-corrected chi connectivity index (χ1v) is 10.3. The Hall–Kier alpha value is -2.29. The van der Waals surface area contributed by atoms with Gasteiger partial charge in [0.15, 0.2) is 0 Å². The Morgan fingerprint density at radius 3 is 2.41 bits per heavy atom. The van der Waals surface area contributed by atoms with Gasteiger partial charge in [-0.25, -0.2) is 8.42 Å². The van der Waals surface area contributed by atoms with Crippen molar-refractivity contribution in [2.45, 2.75) is 23.8 Å². The number of piperidine rings is 1. The van der Waals surface area contributed by atoms with Gasteiger partial charge in [0.05, 0.1) is 16.7 Å². The average molecular weight is 389 g/mol. The fourth-order valence-corrected chi connectivity index (χ4v) is 4.77. The van der Waals surface area contributed by atoms with Crippen LogP contribution in [0.25, 0.3) is 0 Å². The molecule has 1 fully saturated rings. The summed E-state index contributed by atoms with van der Waals surface area (Å²) in [7, 11) is -2.10. The number of carbonyl (C=O) groups is 1. The van der Waals surface area contributed by atoms with Gasteiger partial charge in [-0.05, 0) is 55.2 Å². The number of hydrogen-bond acceptors (Lipinski definition) is 5. The largest absolute Gasteiger partial charge is 0.387 e. The average Bonchev–Trinajstić information content (AvgIpc) is 2.73. The second kappa shape index (κ2) is 8.16. The van der Waals surface area contributed by atoms with Gasteiger partial charge in [0.25, 0.3) is 5.91 Å². The van der Waals surface area contributed by atoms with Gasteiger partial charge in [0.1, 0.15) is 0 Å². The number of benzene rings is 1. The lowest BCUT2D eigenvalue weighted by molar-refractivity contribution is 0.0726. The van der Waals surface area contributed by atoms with Crippen molar-refractivity contribution in [3.63, 3.8) is 0 Å². The van der Waals surface area contributed by atoms with E-state index in [1.54, 1.807) is 18.3 Å². The Balaban J connectivity index is 1.67. The van der Waals surface area contributed by atoms with E-state index in [1.807, 2.05) is 6.07 Å². The molecule has 0 radical (unpaired) electrons. The third-order valence-corrected chi connectivity index (χ3v) is 6.83. The van der Waals surface area contributed by atoms with E-state index in [1.165, 1.54) is 35.6 Å². The SMILES string of the molecule is CNC(=O)c1ccc(S(=O)(=O)N2CCC(C(O)c3ccccn3)CC2)cc1. The van der Waals surface area contributed by atoms with Crippen LogP contribution in [0.2, 0.25) is 0 Å². The van der Waals surface area contributed by atoms with Crippen molar-refractivity contribution in [2.24, 2.45) is 5.92 Å². The molecule has 1 atom stereocenters. The summed E-state index contributed by atoms with van der Waals surface area (Å²) in [6.07, 6.45) is 2.07. The van der Waals surface area contributed by atoms with Crippen molar-refractivity contribution < 1.29 is 18.3 Å². The number of hydrogen-bond donors (Lipinski definition) is 2. The van der Waals surface area contributed by atoms with Crippen molar-refractivity contribution in [1.82, 2.24) is 14.6 Å². The van der Waals surface area contributed by atoms with Crippen LogP contribution in [0.1, 0.15) is 35.0 Å². The zero-order valence-electron chi connectivity index (χ0n) is 15.1. The van der Waals surface area contributed by atoms with Gasteiger partial charge in [-0.15, -0.1) is 0 Å². The molecule has 0 saturated carbocycles. The molecule has 1 aromatic heterocycles. The first-order valence-electron chi connectivity index (χ1n) is 8.85. The molecule has 0 spiro atoms. The first-order chi connectivity index (χ1) is 12.9. The van der Waals surface area contributed by atoms with E-state index in [4.69, 9.17) is 0 Å². The molecule has 2 heterocycles. The first kappa shape index (κ1) is 19.5. The Morgan fingerprint density at radius 1 is 1.19 bits per heavy atom. The Morgan fingerprint density at radius 2 is 1.85 bits per heavy atom. The maximum Gasteiger partial charge on any atom is 0.251 e. The number of aliphatic hydroxyl groups is 1. The van der Waals surface area contributed by atoms with Crippen LogP contribution < -0.4 is 5.32 Å². The van der Waals surface area contributed by atoms with Gasteiger partial charge in [-0.3, -0.25) is 9.78 Å². The normalized spacial score (nSPS) is 17.4. The lowest BCUT2D eigenvalue weighted by atomic mass is 9.90. The Labute approximate surface area is 159 Å². The number of sulfonamides is 1. The van der Waals surface area contributed by atoms with E-state index in [0.717, 1.165) is 0 Å². The lowest BCUT2D eigenvalue weighted by Crippen LogP contribution is -2.39. The highest BCUT2D eigenvalue weighted by molar-refractivity contribution is 7.89. The summed E-state index contributed by atoms with van der Waals surface area (Å²) in [5.74, 6) is -0.287. The van der Waals surface area contributed by atoms with E-state index in [-0.39, 0.29) is 16.7 Å². The molecule has 1 saturated heterocycles. The third kappa shape index (κ3) is 4.18. The van der Waals surface area contributed by atoms with Gasteiger partial charge >= 0.3 is 0 Å². The second-order valence-corrected chi connectivity index (χ2v) is 8.48. The minimum atomic E-state index is -3.62. The van der Waals surface area contributed by atoms with Crippen molar-refractivity contribution in [3.8, 4) is 0 Å². The molecule has 3 rings (SSSR count). The summed E-state index contributed by atoms with van der Waals surface area (Å²) >= 11 is 0. The monoisotopic (exact) mass is 389 g/mol. The highest BCUT2D eigenvalue weighted by Crippen LogP contribution is 2.31. The number of nitrogens with one attached hydrogen (secondary N) is 1.